The summed E-state index contributed by atoms with van der Waals surface area (Å²) in [6.07, 6.45) is 0.980. The molecule has 236 valence electrons. The first-order chi connectivity index (χ1) is 21.5. The molecule has 0 aromatic heterocycles. The third-order valence-corrected chi connectivity index (χ3v) is 9.62. The van der Waals surface area contributed by atoms with Crippen molar-refractivity contribution < 1.29 is 18.0 Å². The topological polar surface area (TPSA) is 86.8 Å². The fourth-order valence-corrected chi connectivity index (χ4v) is 6.75. The van der Waals surface area contributed by atoms with Crippen molar-refractivity contribution in [3.63, 3.8) is 0 Å². The molecule has 0 aliphatic carbocycles. The molecule has 0 fully saturated rings. The Labute approximate surface area is 271 Å². The molecule has 2 amide bonds. The number of halogens is 1. The lowest BCUT2D eigenvalue weighted by molar-refractivity contribution is -0.140. The van der Waals surface area contributed by atoms with E-state index >= 15 is 0 Å². The Morgan fingerprint density at radius 2 is 1.47 bits per heavy atom. The van der Waals surface area contributed by atoms with Crippen molar-refractivity contribution in [2.45, 2.75) is 58.0 Å². The minimum atomic E-state index is -4.16. The summed E-state index contributed by atoms with van der Waals surface area (Å²) in [6.45, 7) is 7.62. The van der Waals surface area contributed by atoms with Gasteiger partial charge in [-0.05, 0) is 74.2 Å². The van der Waals surface area contributed by atoms with Crippen LogP contribution in [0, 0.1) is 20.8 Å². The molecule has 7 nitrogen and oxygen atoms in total. The van der Waals surface area contributed by atoms with Gasteiger partial charge in [0.2, 0.25) is 11.8 Å². The molecule has 4 aromatic carbocycles. The van der Waals surface area contributed by atoms with E-state index in [1.165, 1.54) is 4.90 Å². The van der Waals surface area contributed by atoms with Gasteiger partial charge in [0.25, 0.3) is 10.0 Å². The Morgan fingerprint density at radius 3 is 2.09 bits per heavy atom. The predicted octanol–water partition coefficient (Wildman–Crippen LogP) is 6.63. The third-order valence-electron chi connectivity index (χ3n) is 7.60. The van der Waals surface area contributed by atoms with E-state index in [0.29, 0.717) is 22.8 Å². The van der Waals surface area contributed by atoms with Crippen LogP contribution in [0.4, 0.5) is 5.69 Å². The van der Waals surface area contributed by atoms with Gasteiger partial charge in [-0.15, -0.1) is 0 Å². The molecule has 0 heterocycles. The maximum atomic E-state index is 14.5. The van der Waals surface area contributed by atoms with E-state index in [1.54, 1.807) is 54.6 Å². The van der Waals surface area contributed by atoms with E-state index in [2.05, 4.69) is 5.32 Å². The zero-order valence-corrected chi connectivity index (χ0v) is 27.7. The van der Waals surface area contributed by atoms with Gasteiger partial charge in [0.15, 0.2) is 0 Å². The highest BCUT2D eigenvalue weighted by atomic mass is 35.5. The fraction of sp³-hybridized carbons (Fsp3) is 0.278. The summed E-state index contributed by atoms with van der Waals surface area (Å²) in [7, 11) is -4.16. The second kappa shape index (κ2) is 15.2. The molecule has 1 atom stereocenters. The molecule has 4 aromatic rings. The summed E-state index contributed by atoms with van der Waals surface area (Å²) >= 11 is 6.15. The summed E-state index contributed by atoms with van der Waals surface area (Å²) in [6, 6.07) is 27.7. The molecule has 0 aliphatic heterocycles. The van der Waals surface area contributed by atoms with Crippen LogP contribution in [-0.2, 0) is 32.6 Å². The van der Waals surface area contributed by atoms with Crippen LogP contribution in [0.25, 0.3) is 0 Å². The SMILES string of the molecule is CCCNC(=O)[C@H](Cc1ccccc1)N(Cc1ccc(Cl)cc1)C(=O)CN(c1ccc(C)cc1C)S(=O)(=O)c1ccc(C)cc1. The van der Waals surface area contributed by atoms with Gasteiger partial charge in [-0.3, -0.25) is 13.9 Å². The number of aryl methyl sites for hydroxylation is 3. The van der Waals surface area contributed by atoms with Gasteiger partial charge in [-0.25, -0.2) is 8.42 Å². The molecule has 9 heteroatoms. The summed E-state index contributed by atoms with van der Waals surface area (Å²) in [5.74, 6) is -0.810. The second-order valence-electron chi connectivity index (χ2n) is 11.3. The third kappa shape index (κ3) is 8.74. The van der Waals surface area contributed by atoms with Crippen LogP contribution < -0.4 is 9.62 Å². The van der Waals surface area contributed by atoms with Gasteiger partial charge in [-0.1, -0.05) is 96.4 Å². The van der Waals surface area contributed by atoms with Crippen molar-refractivity contribution in [1.29, 1.82) is 0 Å². The molecule has 4 rings (SSSR count). The van der Waals surface area contributed by atoms with Gasteiger partial charge >= 0.3 is 0 Å². The van der Waals surface area contributed by atoms with Crippen molar-refractivity contribution in [2.24, 2.45) is 0 Å². The number of hydrogen-bond donors (Lipinski definition) is 1. The quantitative estimate of drug-likeness (QED) is 0.177. The number of carbonyl (C=O) groups is 2. The Balaban J connectivity index is 1.81. The van der Waals surface area contributed by atoms with Crippen molar-refractivity contribution in [1.82, 2.24) is 10.2 Å². The van der Waals surface area contributed by atoms with Crippen LogP contribution in [0.5, 0.6) is 0 Å². The summed E-state index contributed by atoms with van der Waals surface area (Å²) in [5, 5.41) is 3.50. The van der Waals surface area contributed by atoms with E-state index in [-0.39, 0.29) is 23.8 Å². The molecule has 0 bridgehead atoms. The van der Waals surface area contributed by atoms with Crippen LogP contribution in [0.3, 0.4) is 0 Å². The minimum absolute atomic E-state index is 0.0756. The van der Waals surface area contributed by atoms with Gasteiger partial charge in [0.05, 0.1) is 10.6 Å². The van der Waals surface area contributed by atoms with Crippen molar-refractivity contribution >= 4 is 39.1 Å². The Bertz CT molecular complexity index is 1710. The largest absolute Gasteiger partial charge is 0.354 e. The number of sulfonamides is 1. The van der Waals surface area contributed by atoms with Crippen LogP contribution in [0.15, 0.2) is 102 Å². The van der Waals surface area contributed by atoms with Gasteiger partial charge in [-0.2, -0.15) is 0 Å². The normalized spacial score (nSPS) is 11.9. The van der Waals surface area contributed by atoms with Crippen LogP contribution >= 0.6 is 11.6 Å². The zero-order valence-electron chi connectivity index (χ0n) is 26.2. The first-order valence-corrected chi connectivity index (χ1v) is 16.8. The summed E-state index contributed by atoms with van der Waals surface area (Å²) in [4.78, 5) is 29.8. The Morgan fingerprint density at radius 1 is 0.822 bits per heavy atom. The zero-order chi connectivity index (χ0) is 32.6. The number of rotatable bonds is 13. The van der Waals surface area contributed by atoms with E-state index in [9.17, 15) is 18.0 Å². The molecular formula is C36H40ClN3O4S. The van der Waals surface area contributed by atoms with E-state index in [0.717, 1.165) is 33.0 Å². The highest BCUT2D eigenvalue weighted by Gasteiger charge is 2.35. The molecule has 0 saturated heterocycles. The monoisotopic (exact) mass is 645 g/mol. The first-order valence-electron chi connectivity index (χ1n) is 15.0. The fourth-order valence-electron chi connectivity index (χ4n) is 5.14. The standard InChI is InChI=1S/C36H40ClN3O4S/c1-5-21-38-36(42)34(23-29-9-7-6-8-10-29)39(24-30-14-16-31(37)17-15-30)35(41)25-40(33-20-13-27(3)22-28(33)4)45(43,44)32-18-11-26(2)12-19-32/h6-20,22,34H,5,21,23-25H2,1-4H3,(H,38,42)/t34-/m0/s1. The maximum Gasteiger partial charge on any atom is 0.264 e. The van der Waals surface area contributed by atoms with E-state index < -0.39 is 28.5 Å². The number of carbonyl (C=O) groups excluding carboxylic acids is 2. The first kappa shape index (κ1) is 33.7. The minimum Gasteiger partial charge on any atom is -0.354 e. The highest BCUT2D eigenvalue weighted by Crippen LogP contribution is 2.29. The van der Waals surface area contributed by atoms with Gasteiger partial charge < -0.3 is 10.2 Å². The summed E-state index contributed by atoms with van der Waals surface area (Å²) < 4.78 is 29.6. The van der Waals surface area contributed by atoms with Crippen molar-refractivity contribution in [3.8, 4) is 0 Å². The molecular weight excluding hydrogens is 606 g/mol. The Kier molecular flexibility index (Phi) is 11.4. The highest BCUT2D eigenvalue weighted by molar-refractivity contribution is 7.92. The maximum absolute atomic E-state index is 14.5. The van der Waals surface area contributed by atoms with E-state index in [1.807, 2.05) is 70.2 Å². The lowest BCUT2D eigenvalue weighted by Gasteiger charge is -2.34. The van der Waals surface area contributed by atoms with E-state index in [4.69, 9.17) is 11.6 Å². The molecule has 0 aliphatic rings. The van der Waals surface area contributed by atoms with Crippen LogP contribution in [-0.4, -0.2) is 44.3 Å². The predicted molar refractivity (Wildman–Crippen MR) is 181 cm³/mol. The number of hydrogen-bond acceptors (Lipinski definition) is 4. The molecule has 0 spiro atoms. The van der Waals surface area contributed by atoms with Crippen molar-refractivity contribution in [3.05, 3.63) is 130 Å². The Hall–Kier alpha value is -4.14. The van der Waals surface area contributed by atoms with Crippen molar-refractivity contribution in [2.75, 3.05) is 17.4 Å². The number of nitrogens with zero attached hydrogens (tertiary/aromatic N) is 2. The molecule has 0 unspecified atom stereocenters. The number of nitrogens with one attached hydrogen (secondary N) is 1. The molecule has 45 heavy (non-hydrogen) atoms. The summed E-state index contributed by atoms with van der Waals surface area (Å²) in [5.41, 5.74) is 4.63. The average molecular weight is 646 g/mol. The molecule has 0 radical (unpaired) electrons. The smallest absolute Gasteiger partial charge is 0.264 e. The second-order valence-corrected chi connectivity index (χ2v) is 13.6. The van der Waals surface area contributed by atoms with Crippen LogP contribution in [0.1, 0.15) is 41.2 Å². The van der Waals surface area contributed by atoms with Crippen LogP contribution in [0.2, 0.25) is 5.02 Å². The number of anilines is 1. The van der Waals surface area contributed by atoms with Gasteiger partial charge in [0, 0.05) is 24.5 Å². The lowest BCUT2D eigenvalue weighted by Crippen LogP contribution is -2.53. The molecule has 1 N–H and O–H groups in total. The molecule has 0 saturated carbocycles. The van der Waals surface area contributed by atoms with Gasteiger partial charge in [0.1, 0.15) is 12.6 Å². The lowest BCUT2D eigenvalue weighted by atomic mass is 10.0. The number of benzene rings is 4. The average Bonchev–Trinajstić information content (AvgIpc) is 3.02. The number of amides is 2.